The zero-order valence-corrected chi connectivity index (χ0v) is 13.8. The van der Waals surface area contributed by atoms with Gasteiger partial charge in [-0.25, -0.2) is 0 Å². The number of anilines is 2. The molecule has 1 amide bonds. The second-order valence-electron chi connectivity index (χ2n) is 6.08. The van der Waals surface area contributed by atoms with Gasteiger partial charge in [-0.2, -0.15) is 4.98 Å². The van der Waals surface area contributed by atoms with Crippen molar-refractivity contribution in [3.8, 4) is 5.88 Å². The lowest BCUT2D eigenvalue weighted by Gasteiger charge is -2.26. The quantitative estimate of drug-likeness (QED) is 0.896. The molecule has 0 radical (unpaired) electrons. The Bertz CT molecular complexity index is 495. The molecule has 1 aromatic heterocycles. The third kappa shape index (κ3) is 5.13. The molecule has 2 N–H and O–H groups in total. The number of aromatic nitrogens is 1. The van der Waals surface area contributed by atoms with Gasteiger partial charge in [-0.1, -0.05) is 0 Å². The molecule has 1 heterocycles. The van der Waals surface area contributed by atoms with E-state index in [1.165, 1.54) is 0 Å². The summed E-state index contributed by atoms with van der Waals surface area (Å²) in [5.74, 6) is 1.10. The summed E-state index contributed by atoms with van der Waals surface area (Å²) in [5.41, 5.74) is 6.02. The van der Waals surface area contributed by atoms with Crippen molar-refractivity contribution >= 4 is 17.4 Å². The summed E-state index contributed by atoms with van der Waals surface area (Å²) >= 11 is 0. The average Bonchev–Trinajstić information content (AvgIpc) is 2.36. The maximum atomic E-state index is 11.9. The zero-order chi connectivity index (χ0) is 16.2. The first-order valence-electron chi connectivity index (χ1n) is 7.04. The van der Waals surface area contributed by atoms with Crippen LogP contribution in [0.3, 0.4) is 0 Å². The number of hydrogen-bond acceptors (Lipinski definition) is 5. The fraction of sp³-hybridized carbons (Fsp3) is 0.600. The van der Waals surface area contributed by atoms with E-state index in [1.54, 1.807) is 31.1 Å². The fourth-order valence-electron chi connectivity index (χ4n) is 1.65. The van der Waals surface area contributed by atoms with Gasteiger partial charge in [0.1, 0.15) is 11.4 Å². The highest BCUT2D eigenvalue weighted by atomic mass is 16.5. The molecule has 1 aromatic rings. The van der Waals surface area contributed by atoms with E-state index in [2.05, 4.69) is 4.98 Å². The van der Waals surface area contributed by atoms with E-state index >= 15 is 0 Å². The molecule has 6 heteroatoms. The smallest absolute Gasteiger partial charge is 0.241 e. The number of ether oxygens (including phenoxy) is 1. The first-order valence-corrected chi connectivity index (χ1v) is 7.04. The number of likely N-dealkylation sites (N-methyl/N-ethyl adjacent to an activating group) is 2. The van der Waals surface area contributed by atoms with Gasteiger partial charge in [0.05, 0.1) is 12.2 Å². The van der Waals surface area contributed by atoms with Gasteiger partial charge in [-0.15, -0.1) is 0 Å². The van der Waals surface area contributed by atoms with E-state index in [0.29, 0.717) is 23.9 Å². The summed E-state index contributed by atoms with van der Waals surface area (Å²) in [6, 6.07) is 3.56. The summed E-state index contributed by atoms with van der Waals surface area (Å²) in [6.07, 6.45) is 0. The molecule has 0 fully saturated rings. The number of carbonyl (C=O) groups is 1. The Morgan fingerprint density at radius 1 is 1.33 bits per heavy atom. The third-order valence-corrected chi connectivity index (χ3v) is 2.81. The van der Waals surface area contributed by atoms with Crippen molar-refractivity contribution in [2.75, 3.05) is 37.8 Å². The normalized spacial score (nSPS) is 11.1. The topological polar surface area (TPSA) is 71.7 Å². The summed E-state index contributed by atoms with van der Waals surface area (Å²) in [4.78, 5) is 19.8. The standard InChI is InChI=1S/C15H26N4O2/c1-7-19(10-13(20)18(5)6)12-9-8-11(16)14(17-12)21-15(2,3)4/h8-9H,7,10,16H2,1-6H3. The highest BCUT2D eigenvalue weighted by molar-refractivity contribution is 5.80. The highest BCUT2D eigenvalue weighted by Gasteiger charge is 2.18. The molecule has 0 aromatic carbocycles. The SMILES string of the molecule is CCN(CC(=O)N(C)C)c1ccc(N)c(OC(C)(C)C)n1. The van der Waals surface area contributed by atoms with Crippen LogP contribution in [0.5, 0.6) is 5.88 Å². The van der Waals surface area contributed by atoms with Gasteiger partial charge in [0, 0.05) is 20.6 Å². The molecular formula is C15H26N4O2. The van der Waals surface area contributed by atoms with Crippen LogP contribution in [-0.4, -0.2) is 48.6 Å². The lowest BCUT2D eigenvalue weighted by Crippen LogP contribution is -2.37. The number of nitrogens with zero attached hydrogens (tertiary/aromatic N) is 3. The second kappa shape index (κ2) is 6.65. The molecule has 0 bridgehead atoms. The Morgan fingerprint density at radius 2 is 1.95 bits per heavy atom. The van der Waals surface area contributed by atoms with E-state index in [0.717, 1.165) is 0 Å². The Hall–Kier alpha value is -1.98. The lowest BCUT2D eigenvalue weighted by atomic mass is 10.2. The van der Waals surface area contributed by atoms with Crippen LogP contribution in [-0.2, 0) is 4.79 Å². The van der Waals surface area contributed by atoms with Crippen molar-refractivity contribution in [3.63, 3.8) is 0 Å². The number of amides is 1. The van der Waals surface area contributed by atoms with Crippen molar-refractivity contribution < 1.29 is 9.53 Å². The molecule has 0 saturated carbocycles. The number of carbonyl (C=O) groups excluding carboxylic acids is 1. The molecule has 21 heavy (non-hydrogen) atoms. The van der Waals surface area contributed by atoms with Crippen molar-refractivity contribution in [1.82, 2.24) is 9.88 Å². The number of nitrogen functional groups attached to an aromatic ring is 1. The average molecular weight is 294 g/mol. The molecule has 6 nitrogen and oxygen atoms in total. The first kappa shape index (κ1) is 17.1. The number of pyridine rings is 1. The Morgan fingerprint density at radius 3 is 2.43 bits per heavy atom. The molecule has 0 saturated heterocycles. The molecule has 0 spiro atoms. The van der Waals surface area contributed by atoms with Crippen molar-refractivity contribution in [2.24, 2.45) is 0 Å². The van der Waals surface area contributed by atoms with E-state index in [9.17, 15) is 4.79 Å². The van der Waals surface area contributed by atoms with Gasteiger partial charge in [0.2, 0.25) is 11.8 Å². The number of hydrogen-bond donors (Lipinski definition) is 1. The minimum atomic E-state index is -0.379. The maximum Gasteiger partial charge on any atom is 0.241 e. The molecule has 0 aliphatic rings. The molecule has 118 valence electrons. The van der Waals surface area contributed by atoms with Crippen LogP contribution >= 0.6 is 0 Å². The Labute approximate surface area is 126 Å². The minimum Gasteiger partial charge on any atom is -0.470 e. The predicted octanol–water partition coefficient (Wildman–Crippen LogP) is 1.76. The van der Waals surface area contributed by atoms with Gasteiger partial charge in [-0.3, -0.25) is 4.79 Å². The predicted molar refractivity (Wildman–Crippen MR) is 85.6 cm³/mol. The minimum absolute atomic E-state index is 0.0220. The molecule has 1 rings (SSSR count). The first-order chi connectivity index (χ1) is 9.64. The lowest BCUT2D eigenvalue weighted by molar-refractivity contribution is -0.127. The van der Waals surface area contributed by atoms with E-state index in [-0.39, 0.29) is 18.1 Å². The zero-order valence-electron chi connectivity index (χ0n) is 13.8. The number of nitrogens with two attached hydrogens (primary N) is 1. The van der Waals surface area contributed by atoms with Crippen LogP contribution < -0.4 is 15.4 Å². The molecule has 0 unspecified atom stereocenters. The second-order valence-corrected chi connectivity index (χ2v) is 6.08. The fourth-order valence-corrected chi connectivity index (χ4v) is 1.65. The van der Waals surface area contributed by atoms with Crippen LogP contribution in [0.15, 0.2) is 12.1 Å². The van der Waals surface area contributed by atoms with Gasteiger partial charge in [-0.05, 0) is 39.8 Å². The van der Waals surface area contributed by atoms with Crippen LogP contribution in [0, 0.1) is 0 Å². The van der Waals surface area contributed by atoms with Crippen LogP contribution in [0.2, 0.25) is 0 Å². The van der Waals surface area contributed by atoms with Gasteiger partial charge in [0.25, 0.3) is 0 Å². The third-order valence-electron chi connectivity index (χ3n) is 2.81. The Balaban J connectivity index is 3.00. The van der Waals surface area contributed by atoms with Crippen LogP contribution in [0.25, 0.3) is 0 Å². The van der Waals surface area contributed by atoms with Gasteiger partial charge >= 0.3 is 0 Å². The van der Waals surface area contributed by atoms with E-state index < -0.39 is 0 Å². The van der Waals surface area contributed by atoms with Crippen molar-refractivity contribution in [3.05, 3.63) is 12.1 Å². The molecule has 0 atom stereocenters. The molecule has 0 aliphatic carbocycles. The van der Waals surface area contributed by atoms with Gasteiger partial charge in [0.15, 0.2) is 0 Å². The van der Waals surface area contributed by atoms with Crippen LogP contribution in [0.4, 0.5) is 11.5 Å². The summed E-state index contributed by atoms with van der Waals surface area (Å²) < 4.78 is 5.76. The molecular weight excluding hydrogens is 268 g/mol. The largest absolute Gasteiger partial charge is 0.470 e. The Kier molecular flexibility index (Phi) is 5.41. The van der Waals surface area contributed by atoms with Crippen LogP contribution in [0.1, 0.15) is 27.7 Å². The van der Waals surface area contributed by atoms with E-state index in [4.69, 9.17) is 10.5 Å². The summed E-state index contributed by atoms with van der Waals surface area (Å²) in [5, 5.41) is 0. The van der Waals surface area contributed by atoms with E-state index in [1.807, 2.05) is 32.6 Å². The molecule has 0 aliphatic heterocycles. The summed E-state index contributed by atoms with van der Waals surface area (Å²) in [6.45, 7) is 8.74. The van der Waals surface area contributed by atoms with Gasteiger partial charge < -0.3 is 20.3 Å². The number of rotatable bonds is 5. The highest BCUT2D eigenvalue weighted by Crippen LogP contribution is 2.26. The summed E-state index contributed by atoms with van der Waals surface area (Å²) in [7, 11) is 3.47. The monoisotopic (exact) mass is 294 g/mol. The van der Waals surface area contributed by atoms with Crippen molar-refractivity contribution in [1.29, 1.82) is 0 Å². The maximum absolute atomic E-state index is 11.9. The van der Waals surface area contributed by atoms with Crippen molar-refractivity contribution in [2.45, 2.75) is 33.3 Å².